The van der Waals surface area contributed by atoms with Gasteiger partial charge in [0.1, 0.15) is 6.61 Å². The largest absolute Gasteiger partial charge is 0.461 e. The molecule has 0 heterocycles. The number of hydrogen-bond donors (Lipinski definition) is 1. The summed E-state index contributed by atoms with van der Waals surface area (Å²) in [5.41, 5.74) is 0.735. The second-order valence-corrected chi connectivity index (χ2v) is 5.07. The van der Waals surface area contributed by atoms with Gasteiger partial charge in [-0.3, -0.25) is 10.1 Å². The van der Waals surface area contributed by atoms with E-state index in [1.54, 1.807) is 0 Å². The van der Waals surface area contributed by atoms with Gasteiger partial charge in [0.15, 0.2) is 0 Å². The fourth-order valence-corrected chi connectivity index (χ4v) is 1.59. The predicted octanol–water partition coefficient (Wildman–Crippen LogP) is 3.03. The summed E-state index contributed by atoms with van der Waals surface area (Å²) < 4.78 is 5.20. The molecule has 4 nitrogen and oxygen atoms in total. The van der Waals surface area contributed by atoms with E-state index in [0.717, 1.165) is 5.56 Å². The van der Waals surface area contributed by atoms with Crippen LogP contribution in [-0.2, 0) is 21.0 Å². The smallest absolute Gasteiger partial charge is 0.306 e. The first-order valence-electron chi connectivity index (χ1n) is 5.99. The van der Waals surface area contributed by atoms with E-state index in [1.165, 1.54) is 0 Å². The Labute approximate surface area is 107 Å². The lowest BCUT2D eigenvalue weighted by Gasteiger charge is -2.22. The van der Waals surface area contributed by atoms with Crippen LogP contribution in [0.25, 0.3) is 0 Å². The summed E-state index contributed by atoms with van der Waals surface area (Å²) in [5, 5.41) is 8.30. The third-order valence-corrected chi connectivity index (χ3v) is 2.74. The highest BCUT2D eigenvalue weighted by atomic mass is 17.1. The molecule has 0 fully saturated rings. The fourth-order valence-electron chi connectivity index (χ4n) is 1.59. The zero-order chi connectivity index (χ0) is 13.4. The van der Waals surface area contributed by atoms with Crippen molar-refractivity contribution in [3.8, 4) is 0 Å². The Balaban J connectivity index is 2.33. The molecule has 0 bridgehead atoms. The van der Waals surface area contributed by atoms with Crippen LogP contribution in [0, 0.1) is 5.41 Å². The summed E-state index contributed by atoms with van der Waals surface area (Å²) in [6.07, 6.45) is 0.910. The number of esters is 1. The lowest BCUT2D eigenvalue weighted by molar-refractivity contribution is -0.246. The van der Waals surface area contributed by atoms with Crippen LogP contribution < -0.4 is 0 Å². The van der Waals surface area contributed by atoms with E-state index < -0.39 is 0 Å². The fraction of sp³-hybridized carbons (Fsp3) is 0.500. The van der Waals surface area contributed by atoms with Crippen LogP contribution in [-0.4, -0.2) is 17.8 Å². The number of rotatable bonds is 7. The van der Waals surface area contributed by atoms with Crippen molar-refractivity contribution >= 4 is 5.97 Å². The first-order valence-corrected chi connectivity index (χ1v) is 5.99. The lowest BCUT2D eigenvalue weighted by Crippen LogP contribution is -2.20. The van der Waals surface area contributed by atoms with Crippen LogP contribution in [0.3, 0.4) is 0 Å². The van der Waals surface area contributed by atoms with Crippen molar-refractivity contribution in [1.82, 2.24) is 0 Å². The molecule has 0 amide bonds. The van der Waals surface area contributed by atoms with Gasteiger partial charge in [-0.1, -0.05) is 44.2 Å². The molecule has 18 heavy (non-hydrogen) atoms. The minimum absolute atomic E-state index is 0.221. The molecule has 1 aromatic rings. The SMILES string of the molecule is CC(C)(CCOO)CC(=O)OCc1ccccc1. The van der Waals surface area contributed by atoms with Gasteiger partial charge < -0.3 is 4.74 Å². The average Bonchev–Trinajstić information content (AvgIpc) is 2.35. The van der Waals surface area contributed by atoms with Gasteiger partial charge in [0.2, 0.25) is 0 Å². The summed E-state index contributed by atoms with van der Waals surface area (Å²) >= 11 is 0. The van der Waals surface area contributed by atoms with Gasteiger partial charge in [-0.05, 0) is 17.4 Å². The molecule has 1 N–H and O–H groups in total. The van der Waals surface area contributed by atoms with Crippen molar-refractivity contribution in [3.05, 3.63) is 35.9 Å². The highest BCUT2D eigenvalue weighted by molar-refractivity contribution is 5.70. The molecular formula is C14H20O4. The average molecular weight is 252 g/mol. The Morgan fingerprint density at radius 2 is 1.94 bits per heavy atom. The summed E-state index contributed by atoms with van der Waals surface area (Å²) in [5.74, 6) is -0.234. The third-order valence-electron chi connectivity index (χ3n) is 2.74. The Morgan fingerprint density at radius 3 is 2.56 bits per heavy atom. The van der Waals surface area contributed by atoms with E-state index in [9.17, 15) is 4.79 Å². The molecule has 0 aromatic heterocycles. The molecule has 0 saturated heterocycles. The molecule has 0 saturated carbocycles. The van der Waals surface area contributed by atoms with Gasteiger partial charge in [0, 0.05) is 0 Å². The molecule has 100 valence electrons. The van der Waals surface area contributed by atoms with Crippen LogP contribution in [0.1, 0.15) is 32.3 Å². The zero-order valence-corrected chi connectivity index (χ0v) is 10.9. The van der Waals surface area contributed by atoms with Crippen molar-refractivity contribution in [3.63, 3.8) is 0 Å². The number of ether oxygens (including phenoxy) is 1. The maximum atomic E-state index is 11.7. The second kappa shape index (κ2) is 7.13. The highest BCUT2D eigenvalue weighted by Gasteiger charge is 2.22. The van der Waals surface area contributed by atoms with Crippen molar-refractivity contribution in [2.75, 3.05) is 6.61 Å². The molecule has 0 spiro atoms. The van der Waals surface area contributed by atoms with Gasteiger partial charge >= 0.3 is 5.97 Å². The third kappa shape index (κ3) is 5.80. The lowest BCUT2D eigenvalue weighted by atomic mass is 9.86. The highest BCUT2D eigenvalue weighted by Crippen LogP contribution is 2.25. The minimum atomic E-state index is -0.240. The van der Waals surface area contributed by atoms with E-state index >= 15 is 0 Å². The van der Waals surface area contributed by atoms with E-state index in [0.29, 0.717) is 19.4 Å². The van der Waals surface area contributed by atoms with Crippen molar-refractivity contribution in [2.24, 2.45) is 5.41 Å². The maximum Gasteiger partial charge on any atom is 0.306 e. The standard InChI is InChI=1S/C14H20O4/c1-14(2,8-9-18-16)10-13(15)17-11-12-6-4-3-5-7-12/h3-7,16H,8-11H2,1-2H3. The summed E-state index contributed by atoms with van der Waals surface area (Å²) in [6, 6.07) is 9.57. The summed E-state index contributed by atoms with van der Waals surface area (Å²) in [4.78, 5) is 15.7. The first-order chi connectivity index (χ1) is 8.53. The molecule has 0 radical (unpaired) electrons. The number of carbonyl (C=O) groups excluding carboxylic acids is 1. The van der Waals surface area contributed by atoms with Crippen LogP contribution in [0.4, 0.5) is 0 Å². The van der Waals surface area contributed by atoms with Crippen molar-refractivity contribution in [2.45, 2.75) is 33.3 Å². The van der Waals surface area contributed by atoms with E-state index in [2.05, 4.69) is 4.89 Å². The number of hydrogen-bond acceptors (Lipinski definition) is 4. The van der Waals surface area contributed by atoms with Gasteiger partial charge in [-0.2, -0.15) is 0 Å². The molecule has 4 heteroatoms. The van der Waals surface area contributed by atoms with Crippen LogP contribution in [0.2, 0.25) is 0 Å². The maximum absolute atomic E-state index is 11.7. The predicted molar refractivity (Wildman–Crippen MR) is 67.8 cm³/mol. The van der Waals surface area contributed by atoms with E-state index in [-0.39, 0.29) is 18.0 Å². The molecule has 0 aliphatic rings. The first kappa shape index (κ1) is 14.7. The molecule has 0 atom stereocenters. The van der Waals surface area contributed by atoms with Crippen molar-refractivity contribution in [1.29, 1.82) is 0 Å². The van der Waals surface area contributed by atoms with Crippen LogP contribution in [0.15, 0.2) is 30.3 Å². The minimum Gasteiger partial charge on any atom is -0.461 e. The number of carbonyl (C=O) groups is 1. The van der Waals surface area contributed by atoms with Gasteiger partial charge in [-0.15, -0.1) is 0 Å². The van der Waals surface area contributed by atoms with Gasteiger partial charge in [0.25, 0.3) is 0 Å². The summed E-state index contributed by atoms with van der Waals surface area (Å²) in [7, 11) is 0. The molecular weight excluding hydrogens is 232 g/mol. The second-order valence-electron chi connectivity index (χ2n) is 5.07. The Bertz CT molecular complexity index is 359. The molecule has 1 rings (SSSR count). The quantitative estimate of drug-likeness (QED) is 0.460. The van der Waals surface area contributed by atoms with E-state index in [4.69, 9.17) is 9.99 Å². The Hall–Kier alpha value is -1.39. The van der Waals surface area contributed by atoms with Crippen LogP contribution in [0.5, 0.6) is 0 Å². The monoisotopic (exact) mass is 252 g/mol. The van der Waals surface area contributed by atoms with Gasteiger partial charge in [-0.25, -0.2) is 4.89 Å². The normalized spacial score (nSPS) is 11.3. The Morgan fingerprint density at radius 1 is 1.28 bits per heavy atom. The molecule has 0 aliphatic heterocycles. The topological polar surface area (TPSA) is 55.8 Å². The van der Waals surface area contributed by atoms with Gasteiger partial charge in [0.05, 0.1) is 13.0 Å². The summed E-state index contributed by atoms with van der Waals surface area (Å²) in [6.45, 7) is 4.40. The molecule has 1 aromatic carbocycles. The zero-order valence-electron chi connectivity index (χ0n) is 10.9. The molecule has 0 aliphatic carbocycles. The Kier molecular flexibility index (Phi) is 5.82. The molecule has 0 unspecified atom stereocenters. The number of benzene rings is 1. The van der Waals surface area contributed by atoms with Crippen LogP contribution >= 0.6 is 0 Å². The van der Waals surface area contributed by atoms with Crippen molar-refractivity contribution < 1.29 is 19.7 Å². The van der Waals surface area contributed by atoms with E-state index in [1.807, 2.05) is 44.2 Å².